The highest BCUT2D eigenvalue weighted by Gasteiger charge is 2.45. The van der Waals surface area contributed by atoms with Gasteiger partial charge in [-0.25, -0.2) is 14.2 Å². The quantitative estimate of drug-likeness (QED) is 0.800. The van der Waals surface area contributed by atoms with E-state index in [0.29, 0.717) is 23.6 Å². The Hall–Kier alpha value is -2.89. The number of nitrogens with zero attached hydrogens (tertiary/aromatic N) is 3. The van der Waals surface area contributed by atoms with Gasteiger partial charge in [0.25, 0.3) is 0 Å². The predicted molar refractivity (Wildman–Crippen MR) is 92.0 cm³/mol. The molecule has 0 spiro atoms. The van der Waals surface area contributed by atoms with E-state index in [9.17, 15) is 9.18 Å². The second-order valence-electron chi connectivity index (χ2n) is 6.42. The van der Waals surface area contributed by atoms with Crippen molar-refractivity contribution in [3.63, 3.8) is 0 Å². The van der Waals surface area contributed by atoms with Gasteiger partial charge in [-0.05, 0) is 23.8 Å². The summed E-state index contributed by atoms with van der Waals surface area (Å²) in [6, 6.07) is 13.7. The van der Waals surface area contributed by atoms with E-state index in [1.165, 1.54) is 22.0 Å². The summed E-state index contributed by atoms with van der Waals surface area (Å²) < 4.78 is 19.6. The van der Waals surface area contributed by atoms with Crippen LogP contribution in [0, 0.1) is 11.7 Å². The van der Waals surface area contributed by atoms with E-state index in [0.717, 1.165) is 5.56 Å². The summed E-state index contributed by atoms with van der Waals surface area (Å²) in [4.78, 5) is 14.2. The molecule has 2 aromatic carbocycles. The Morgan fingerprint density at radius 3 is 2.72 bits per heavy atom. The molecule has 2 aromatic rings. The van der Waals surface area contributed by atoms with Crippen molar-refractivity contribution in [1.82, 2.24) is 9.91 Å². The molecule has 0 aliphatic carbocycles. The number of benzene rings is 2. The molecule has 0 unspecified atom stereocenters. The van der Waals surface area contributed by atoms with Crippen molar-refractivity contribution < 1.29 is 13.9 Å². The lowest BCUT2D eigenvalue weighted by molar-refractivity contribution is 0.140. The highest BCUT2D eigenvalue weighted by Crippen LogP contribution is 2.42. The molecule has 0 saturated carbocycles. The minimum atomic E-state index is -0.348. The van der Waals surface area contributed by atoms with Gasteiger partial charge in [0.15, 0.2) is 0 Å². The highest BCUT2D eigenvalue weighted by atomic mass is 19.1. The van der Waals surface area contributed by atoms with E-state index in [-0.39, 0.29) is 23.8 Å². The van der Waals surface area contributed by atoms with Crippen molar-refractivity contribution >= 4 is 11.7 Å². The van der Waals surface area contributed by atoms with Crippen molar-refractivity contribution in [3.05, 3.63) is 65.5 Å². The zero-order chi connectivity index (χ0) is 17.6. The zero-order valence-electron chi connectivity index (χ0n) is 14.0. The number of hydrogen-bond acceptors (Lipinski definition) is 3. The van der Waals surface area contributed by atoms with E-state index in [2.05, 4.69) is 5.10 Å². The molecule has 5 nitrogen and oxygen atoms in total. The van der Waals surface area contributed by atoms with E-state index >= 15 is 0 Å². The van der Waals surface area contributed by atoms with Crippen LogP contribution in [0.1, 0.15) is 17.2 Å². The lowest BCUT2D eigenvalue weighted by Gasteiger charge is -2.30. The summed E-state index contributed by atoms with van der Waals surface area (Å²) in [5.74, 6) is 0.113. The molecule has 0 radical (unpaired) electrons. The van der Waals surface area contributed by atoms with Crippen LogP contribution in [0.3, 0.4) is 0 Å². The smallest absolute Gasteiger partial charge is 0.340 e. The molecule has 0 aromatic heterocycles. The molecule has 6 heteroatoms. The highest BCUT2D eigenvalue weighted by molar-refractivity contribution is 6.07. The molecular weight excluding hydrogens is 321 g/mol. The van der Waals surface area contributed by atoms with Gasteiger partial charge in [-0.2, -0.15) is 5.10 Å². The molecule has 0 saturated heterocycles. The molecular formula is C19H18FN3O2. The molecule has 2 aliphatic rings. The van der Waals surface area contributed by atoms with Crippen molar-refractivity contribution in [3.8, 4) is 5.75 Å². The first-order chi connectivity index (χ1) is 12.1. The predicted octanol–water partition coefficient (Wildman–Crippen LogP) is 3.28. The van der Waals surface area contributed by atoms with E-state index in [1.807, 2.05) is 30.3 Å². The van der Waals surface area contributed by atoms with E-state index in [4.69, 9.17) is 4.74 Å². The Balaban J connectivity index is 1.83. The summed E-state index contributed by atoms with van der Waals surface area (Å²) in [6.07, 6.45) is 0. The van der Waals surface area contributed by atoms with Crippen molar-refractivity contribution in [2.24, 2.45) is 11.0 Å². The van der Waals surface area contributed by atoms with Crippen molar-refractivity contribution in [2.75, 3.05) is 20.7 Å². The Morgan fingerprint density at radius 1 is 1.24 bits per heavy atom. The van der Waals surface area contributed by atoms with E-state index in [1.54, 1.807) is 20.2 Å². The van der Waals surface area contributed by atoms with Gasteiger partial charge in [0.1, 0.15) is 11.6 Å². The Labute approximate surface area is 145 Å². The van der Waals surface area contributed by atoms with E-state index < -0.39 is 0 Å². The lowest BCUT2D eigenvalue weighted by Crippen LogP contribution is -2.39. The first-order valence-electron chi connectivity index (χ1n) is 8.13. The maximum Gasteiger partial charge on any atom is 0.340 e. The van der Waals surface area contributed by atoms with Gasteiger partial charge in [0.05, 0.1) is 24.3 Å². The fourth-order valence-corrected chi connectivity index (χ4v) is 3.39. The first kappa shape index (κ1) is 15.6. The molecule has 0 N–H and O–H groups in total. The number of fused-ring (bicyclic) bond motifs is 3. The maximum atomic E-state index is 13.8. The molecule has 2 aliphatic heterocycles. The van der Waals surface area contributed by atoms with Crippen LogP contribution >= 0.6 is 0 Å². The Bertz CT molecular complexity index is 851. The fourth-order valence-electron chi connectivity index (χ4n) is 3.39. The lowest BCUT2D eigenvalue weighted by atomic mass is 9.86. The second-order valence-corrected chi connectivity index (χ2v) is 6.42. The largest absolute Gasteiger partial charge is 0.492 e. The number of urea groups is 1. The number of hydrogen-bond donors (Lipinski definition) is 0. The summed E-state index contributed by atoms with van der Waals surface area (Å²) in [6.45, 7) is 0.397. The van der Waals surface area contributed by atoms with Gasteiger partial charge >= 0.3 is 6.03 Å². The standard InChI is InChI=1S/C19H18FN3O2/c1-22(2)19(24)23-18(12-6-4-3-5-7-12)15-11-25-16-9-8-13(20)10-14(16)17(15)21-23/h3-10,15,18H,11H2,1-2H3/t15-,18+/m0/s1. The maximum absolute atomic E-state index is 13.8. The average Bonchev–Trinajstić information content (AvgIpc) is 3.01. The third-order valence-electron chi connectivity index (χ3n) is 4.57. The third-order valence-corrected chi connectivity index (χ3v) is 4.57. The number of amides is 2. The minimum absolute atomic E-state index is 0.138. The summed E-state index contributed by atoms with van der Waals surface area (Å²) in [5.41, 5.74) is 2.29. The second kappa shape index (κ2) is 5.88. The van der Waals surface area contributed by atoms with Gasteiger partial charge in [0.2, 0.25) is 0 Å². The number of carbonyl (C=O) groups is 1. The molecule has 128 valence electrons. The van der Waals surface area contributed by atoms with Crippen molar-refractivity contribution in [1.29, 1.82) is 0 Å². The molecule has 2 amide bonds. The molecule has 25 heavy (non-hydrogen) atoms. The van der Waals surface area contributed by atoms with Gasteiger partial charge in [0, 0.05) is 19.7 Å². The van der Waals surface area contributed by atoms with Crippen LogP contribution in [-0.2, 0) is 0 Å². The molecule has 2 heterocycles. The fraction of sp³-hybridized carbons (Fsp3) is 0.263. The number of carbonyl (C=O) groups excluding carboxylic acids is 1. The third kappa shape index (κ3) is 2.54. The Morgan fingerprint density at radius 2 is 2.00 bits per heavy atom. The molecule has 0 bridgehead atoms. The van der Waals surface area contributed by atoms with Crippen LogP contribution in [-0.4, -0.2) is 42.4 Å². The summed E-state index contributed by atoms with van der Waals surface area (Å²) >= 11 is 0. The van der Waals surface area contributed by atoms with Crippen LogP contribution in [0.25, 0.3) is 0 Å². The van der Waals surface area contributed by atoms with Crippen LogP contribution in [0.15, 0.2) is 53.6 Å². The molecule has 2 atom stereocenters. The monoisotopic (exact) mass is 339 g/mol. The number of hydrazone groups is 1. The molecule has 0 fully saturated rings. The van der Waals surface area contributed by atoms with Gasteiger partial charge in [-0.1, -0.05) is 30.3 Å². The SMILES string of the molecule is CN(C)C(=O)N1N=C2c3cc(F)ccc3OC[C@@H]2[C@H]1c1ccccc1. The first-order valence-corrected chi connectivity index (χ1v) is 8.13. The van der Waals surface area contributed by atoms with Gasteiger partial charge < -0.3 is 9.64 Å². The number of ether oxygens (including phenoxy) is 1. The van der Waals surface area contributed by atoms with Crippen LogP contribution in [0.4, 0.5) is 9.18 Å². The topological polar surface area (TPSA) is 45.1 Å². The van der Waals surface area contributed by atoms with Gasteiger partial charge in [-0.15, -0.1) is 0 Å². The van der Waals surface area contributed by atoms with Crippen LogP contribution in [0.2, 0.25) is 0 Å². The molecule has 4 rings (SSSR count). The van der Waals surface area contributed by atoms with Gasteiger partial charge in [-0.3, -0.25) is 0 Å². The minimum Gasteiger partial charge on any atom is -0.492 e. The zero-order valence-corrected chi connectivity index (χ0v) is 14.0. The van der Waals surface area contributed by atoms with Crippen LogP contribution in [0.5, 0.6) is 5.75 Å². The normalized spacial score (nSPS) is 21.1. The Kier molecular flexibility index (Phi) is 3.67. The van der Waals surface area contributed by atoms with Crippen LogP contribution < -0.4 is 4.74 Å². The summed E-state index contributed by atoms with van der Waals surface area (Å²) in [5, 5.41) is 6.07. The number of halogens is 1. The van der Waals surface area contributed by atoms with Crippen molar-refractivity contribution in [2.45, 2.75) is 6.04 Å². The number of rotatable bonds is 1. The summed E-state index contributed by atoms with van der Waals surface area (Å²) in [7, 11) is 3.38. The average molecular weight is 339 g/mol.